The zero-order chi connectivity index (χ0) is 19.1. The molecule has 0 aliphatic heterocycles. The second-order valence-electron chi connectivity index (χ2n) is 6.41. The summed E-state index contributed by atoms with van der Waals surface area (Å²) in [6.45, 7) is 0.570. The average molecular weight is 413 g/mol. The van der Waals surface area contributed by atoms with Gasteiger partial charge in [-0.15, -0.1) is 12.4 Å². The fourth-order valence-electron chi connectivity index (χ4n) is 2.52. The molecule has 0 aliphatic rings. The molecule has 1 amide bonds. The number of hydrogen-bond acceptors (Lipinski definition) is 4. The number of amides is 1. The lowest BCUT2D eigenvalue weighted by Gasteiger charge is -2.25. The number of benzene rings is 2. The van der Waals surface area contributed by atoms with Crippen molar-refractivity contribution in [3.05, 3.63) is 59.1 Å². The second-order valence-corrected chi connectivity index (χ2v) is 6.84. The van der Waals surface area contributed by atoms with E-state index in [1.807, 2.05) is 56.6 Å². The average Bonchev–Trinajstić information content (AvgIpc) is 2.59. The lowest BCUT2D eigenvalue weighted by molar-refractivity contribution is 0.172. The predicted molar refractivity (Wildman–Crippen MR) is 111 cm³/mol. The summed E-state index contributed by atoms with van der Waals surface area (Å²) >= 11 is 5.98. The molecule has 1 atom stereocenters. The van der Waals surface area contributed by atoms with E-state index in [0.29, 0.717) is 17.4 Å². The summed E-state index contributed by atoms with van der Waals surface area (Å²) in [6, 6.07) is 15.1. The zero-order valence-electron chi connectivity index (χ0n) is 16.0. The van der Waals surface area contributed by atoms with Crippen molar-refractivity contribution >= 4 is 30.1 Å². The molecule has 0 bridgehead atoms. The molecule has 0 heterocycles. The number of rotatable bonds is 7. The Hall–Kier alpha value is -1.95. The molecule has 0 spiro atoms. The Bertz CT molecular complexity index is 721. The van der Waals surface area contributed by atoms with Gasteiger partial charge in [-0.2, -0.15) is 0 Å². The molecule has 148 valence electrons. The van der Waals surface area contributed by atoms with Gasteiger partial charge in [-0.05, 0) is 50.0 Å². The second kappa shape index (κ2) is 11.0. The van der Waals surface area contributed by atoms with Crippen LogP contribution in [0.15, 0.2) is 48.5 Å². The van der Waals surface area contributed by atoms with Crippen molar-refractivity contribution in [3.63, 3.8) is 0 Å². The van der Waals surface area contributed by atoms with E-state index in [-0.39, 0.29) is 18.4 Å². The van der Waals surface area contributed by atoms with E-state index in [9.17, 15) is 4.79 Å². The Balaban J connectivity index is 0.00000364. The first-order chi connectivity index (χ1) is 12.4. The molecule has 0 fully saturated rings. The molecule has 0 aliphatic carbocycles. The molecule has 0 N–H and O–H groups in total. The highest BCUT2D eigenvalue weighted by Crippen LogP contribution is 2.25. The molecule has 0 saturated carbocycles. The van der Waals surface area contributed by atoms with E-state index in [1.54, 1.807) is 20.2 Å². The van der Waals surface area contributed by atoms with Crippen molar-refractivity contribution in [3.8, 4) is 11.5 Å². The molecule has 2 aromatic rings. The number of hydrogen-bond donors (Lipinski definition) is 0. The third-order valence-electron chi connectivity index (χ3n) is 3.91. The van der Waals surface area contributed by atoms with E-state index in [2.05, 4.69) is 4.90 Å². The fraction of sp³-hybridized carbons (Fsp3) is 0.350. The van der Waals surface area contributed by atoms with Gasteiger partial charge in [0.2, 0.25) is 0 Å². The maximum Gasteiger partial charge on any atom is 0.414 e. The van der Waals surface area contributed by atoms with Crippen LogP contribution in [0.4, 0.5) is 4.79 Å². The topological polar surface area (TPSA) is 42.0 Å². The van der Waals surface area contributed by atoms with Gasteiger partial charge < -0.3 is 19.3 Å². The maximum absolute atomic E-state index is 11.6. The van der Waals surface area contributed by atoms with Crippen LogP contribution < -0.4 is 9.47 Å². The molecular weight excluding hydrogens is 387 g/mol. The Kier molecular flexibility index (Phi) is 9.43. The fourth-order valence-corrected chi connectivity index (χ4v) is 2.70. The van der Waals surface area contributed by atoms with Crippen LogP contribution in [0.1, 0.15) is 18.0 Å². The van der Waals surface area contributed by atoms with Crippen LogP contribution in [0.5, 0.6) is 11.5 Å². The standard InChI is InChI=1S/C20H25ClN2O3.ClH/c1-22(2)19(12-13-25-18-7-5-6-16(21)14-18)15-8-10-17(11-9-15)26-20(24)23(3)4;/h5-11,14,19H,12-13H2,1-4H3;1H. The molecule has 2 rings (SSSR count). The molecule has 0 aromatic heterocycles. The summed E-state index contributed by atoms with van der Waals surface area (Å²) in [5, 5.41) is 0.662. The van der Waals surface area contributed by atoms with Crippen LogP contribution in [0, 0.1) is 0 Å². The Morgan fingerprint density at radius 3 is 2.26 bits per heavy atom. The van der Waals surface area contributed by atoms with Crippen LogP contribution in [0.3, 0.4) is 0 Å². The van der Waals surface area contributed by atoms with Crippen LogP contribution in [0.2, 0.25) is 5.02 Å². The minimum Gasteiger partial charge on any atom is -0.493 e. The lowest BCUT2D eigenvalue weighted by atomic mass is 10.0. The van der Waals surface area contributed by atoms with Gasteiger partial charge in [0.05, 0.1) is 6.61 Å². The first-order valence-corrected chi connectivity index (χ1v) is 8.78. The molecule has 0 saturated heterocycles. The largest absolute Gasteiger partial charge is 0.493 e. The van der Waals surface area contributed by atoms with Gasteiger partial charge in [0, 0.05) is 31.6 Å². The van der Waals surface area contributed by atoms with Crippen molar-refractivity contribution in [2.75, 3.05) is 34.8 Å². The quantitative estimate of drug-likeness (QED) is 0.648. The number of ether oxygens (including phenoxy) is 2. The van der Waals surface area contributed by atoms with E-state index in [1.165, 1.54) is 4.90 Å². The molecule has 1 unspecified atom stereocenters. The van der Waals surface area contributed by atoms with Gasteiger partial charge in [0.1, 0.15) is 11.5 Å². The van der Waals surface area contributed by atoms with Crippen LogP contribution in [0.25, 0.3) is 0 Å². The van der Waals surface area contributed by atoms with Gasteiger partial charge in [-0.25, -0.2) is 4.79 Å². The highest BCUT2D eigenvalue weighted by molar-refractivity contribution is 6.30. The van der Waals surface area contributed by atoms with Crippen molar-refractivity contribution in [2.24, 2.45) is 0 Å². The summed E-state index contributed by atoms with van der Waals surface area (Å²) < 4.78 is 11.1. The monoisotopic (exact) mass is 412 g/mol. The molecular formula is C20H26Cl2N2O3. The SMILES string of the molecule is CN(C)C(=O)Oc1ccc(C(CCOc2cccc(Cl)c2)N(C)C)cc1.Cl. The summed E-state index contributed by atoms with van der Waals surface area (Å²) in [5.41, 5.74) is 1.13. The lowest BCUT2D eigenvalue weighted by Crippen LogP contribution is -2.25. The summed E-state index contributed by atoms with van der Waals surface area (Å²) in [5.74, 6) is 1.29. The molecule has 27 heavy (non-hydrogen) atoms. The van der Waals surface area contributed by atoms with Crippen molar-refractivity contribution < 1.29 is 14.3 Å². The number of halogens is 2. The first-order valence-electron chi connectivity index (χ1n) is 8.40. The maximum atomic E-state index is 11.6. The van der Waals surface area contributed by atoms with E-state index in [4.69, 9.17) is 21.1 Å². The number of carbonyl (C=O) groups is 1. The summed E-state index contributed by atoms with van der Waals surface area (Å²) in [4.78, 5) is 15.1. The predicted octanol–water partition coefficient (Wildman–Crippen LogP) is 4.89. The van der Waals surface area contributed by atoms with Gasteiger partial charge in [-0.3, -0.25) is 0 Å². The van der Waals surface area contributed by atoms with Crippen LogP contribution in [-0.4, -0.2) is 50.7 Å². The molecule has 2 aromatic carbocycles. The highest BCUT2D eigenvalue weighted by Gasteiger charge is 2.15. The van der Waals surface area contributed by atoms with E-state index in [0.717, 1.165) is 17.7 Å². The first kappa shape index (κ1) is 23.1. The summed E-state index contributed by atoms with van der Waals surface area (Å²) in [7, 11) is 7.37. The third kappa shape index (κ3) is 7.29. The molecule has 5 nitrogen and oxygen atoms in total. The Labute approximate surface area is 172 Å². The Morgan fingerprint density at radius 1 is 1.04 bits per heavy atom. The normalized spacial score (nSPS) is 11.5. The minimum absolute atomic E-state index is 0. The van der Waals surface area contributed by atoms with Crippen molar-refractivity contribution in [1.82, 2.24) is 9.80 Å². The van der Waals surface area contributed by atoms with Gasteiger partial charge in [0.15, 0.2) is 0 Å². The van der Waals surface area contributed by atoms with Crippen molar-refractivity contribution in [1.29, 1.82) is 0 Å². The zero-order valence-corrected chi connectivity index (χ0v) is 17.6. The number of nitrogens with zero attached hydrogens (tertiary/aromatic N) is 2. The molecule has 7 heteroatoms. The third-order valence-corrected chi connectivity index (χ3v) is 4.15. The molecule has 0 radical (unpaired) electrons. The van der Waals surface area contributed by atoms with Crippen molar-refractivity contribution in [2.45, 2.75) is 12.5 Å². The highest BCUT2D eigenvalue weighted by atomic mass is 35.5. The van der Waals surface area contributed by atoms with Crippen LogP contribution >= 0.6 is 24.0 Å². The minimum atomic E-state index is -0.392. The van der Waals surface area contributed by atoms with Gasteiger partial charge in [0.25, 0.3) is 0 Å². The van der Waals surface area contributed by atoms with Gasteiger partial charge in [-0.1, -0.05) is 29.8 Å². The number of carbonyl (C=O) groups excluding carboxylic acids is 1. The van der Waals surface area contributed by atoms with E-state index < -0.39 is 6.09 Å². The van der Waals surface area contributed by atoms with Gasteiger partial charge >= 0.3 is 6.09 Å². The Morgan fingerprint density at radius 2 is 1.70 bits per heavy atom. The smallest absolute Gasteiger partial charge is 0.414 e. The summed E-state index contributed by atoms with van der Waals surface area (Å²) in [6.07, 6.45) is 0.424. The van der Waals surface area contributed by atoms with E-state index >= 15 is 0 Å². The van der Waals surface area contributed by atoms with Crippen LogP contribution in [-0.2, 0) is 0 Å².